The van der Waals surface area contributed by atoms with Crippen LogP contribution in [0.2, 0.25) is 0 Å². The van der Waals surface area contributed by atoms with E-state index < -0.39 is 0 Å². The Balaban J connectivity index is 1.80. The number of aliphatic hydroxyl groups is 2. The largest absolute Gasteiger partial charge is 0.393 e. The van der Waals surface area contributed by atoms with Crippen LogP contribution in [-0.4, -0.2) is 27.8 Å². The highest BCUT2D eigenvalue weighted by Crippen LogP contribution is 2.42. The van der Waals surface area contributed by atoms with Crippen LogP contribution in [0.15, 0.2) is 12.2 Å². The van der Waals surface area contributed by atoms with Crippen LogP contribution in [0.4, 0.5) is 0 Å². The van der Waals surface area contributed by atoms with Gasteiger partial charge in [-0.1, -0.05) is 51.2 Å². The third-order valence-corrected chi connectivity index (χ3v) is 6.77. The molecular weight excluding hydrogens is 320 g/mol. The van der Waals surface area contributed by atoms with Gasteiger partial charge in [0.1, 0.15) is 0 Å². The molecule has 0 aliphatic heterocycles. The molecule has 0 bridgehead atoms. The van der Waals surface area contributed by atoms with E-state index in [2.05, 4.69) is 19.1 Å². The molecule has 0 amide bonds. The summed E-state index contributed by atoms with van der Waals surface area (Å²) in [7, 11) is 0. The predicted molar refractivity (Wildman–Crippen MR) is 102 cm³/mol. The molecule has 0 unspecified atom stereocenters. The second kappa shape index (κ2) is 10.8. The molecule has 2 saturated carbocycles. The summed E-state index contributed by atoms with van der Waals surface area (Å²) in [6, 6.07) is 0. The van der Waals surface area contributed by atoms with Crippen molar-refractivity contribution in [1.29, 1.82) is 0 Å². The Morgan fingerprint density at radius 3 is 2.58 bits per heavy atom. The van der Waals surface area contributed by atoms with Gasteiger partial charge in [-0.2, -0.15) is 0 Å². The second-order valence-corrected chi connectivity index (χ2v) is 8.60. The van der Waals surface area contributed by atoms with E-state index >= 15 is 0 Å². The zero-order valence-corrected chi connectivity index (χ0v) is 16.1. The SMILES string of the molecule is CCCC/C=C\C[C@@H]1[C@@H](CC[C@@H](O)C2CCCCC2)[C@H](O)C[C@H]1Cl. The summed E-state index contributed by atoms with van der Waals surface area (Å²) in [4.78, 5) is 0. The van der Waals surface area contributed by atoms with E-state index in [-0.39, 0.29) is 23.5 Å². The van der Waals surface area contributed by atoms with E-state index in [1.807, 2.05) is 0 Å². The van der Waals surface area contributed by atoms with Gasteiger partial charge in [-0.05, 0) is 62.7 Å². The van der Waals surface area contributed by atoms with Crippen molar-refractivity contribution in [2.75, 3.05) is 0 Å². The molecule has 2 N–H and O–H groups in total. The van der Waals surface area contributed by atoms with E-state index in [1.54, 1.807) is 0 Å². The minimum atomic E-state index is -0.292. The summed E-state index contributed by atoms with van der Waals surface area (Å²) in [5, 5.41) is 21.0. The van der Waals surface area contributed by atoms with Crippen molar-refractivity contribution in [3.05, 3.63) is 12.2 Å². The number of hydrogen-bond acceptors (Lipinski definition) is 2. The second-order valence-electron chi connectivity index (χ2n) is 8.04. The molecule has 2 fully saturated rings. The van der Waals surface area contributed by atoms with Gasteiger partial charge in [0.2, 0.25) is 0 Å². The van der Waals surface area contributed by atoms with Crippen LogP contribution in [-0.2, 0) is 0 Å². The normalized spacial score (nSPS) is 33.3. The highest BCUT2D eigenvalue weighted by atomic mass is 35.5. The van der Waals surface area contributed by atoms with Crippen molar-refractivity contribution < 1.29 is 10.2 Å². The molecule has 2 aliphatic rings. The topological polar surface area (TPSA) is 40.5 Å². The number of hydrogen-bond donors (Lipinski definition) is 2. The van der Waals surface area contributed by atoms with Crippen LogP contribution in [0.1, 0.15) is 84.0 Å². The lowest BCUT2D eigenvalue weighted by Crippen LogP contribution is -2.26. The number of allylic oxidation sites excluding steroid dienone is 2. The number of aliphatic hydroxyl groups excluding tert-OH is 2. The number of alkyl halides is 1. The molecular formula is C21H37ClO2. The van der Waals surface area contributed by atoms with Crippen LogP contribution in [0.3, 0.4) is 0 Å². The van der Waals surface area contributed by atoms with Gasteiger partial charge in [0.25, 0.3) is 0 Å². The van der Waals surface area contributed by atoms with Crippen LogP contribution in [0.25, 0.3) is 0 Å². The van der Waals surface area contributed by atoms with Gasteiger partial charge in [-0.3, -0.25) is 0 Å². The maximum absolute atomic E-state index is 10.5. The van der Waals surface area contributed by atoms with Crippen molar-refractivity contribution >= 4 is 11.6 Å². The first-order chi connectivity index (χ1) is 11.6. The summed E-state index contributed by atoms with van der Waals surface area (Å²) in [5.74, 6) is 1.09. The molecule has 140 valence electrons. The van der Waals surface area contributed by atoms with Gasteiger partial charge >= 0.3 is 0 Å². The fraction of sp³-hybridized carbons (Fsp3) is 0.905. The molecule has 0 aromatic heterocycles. The Kier molecular flexibility index (Phi) is 9.15. The standard InChI is InChI=1S/C21H37ClO2/c1-2-3-4-5-9-12-17-18(21(24)15-19(17)22)13-14-20(23)16-10-7-6-8-11-16/h5,9,16-21,23-24H,2-4,6-8,10-15H2,1H3/b9-5-/t17-,18-,19-,20-,21-/m1/s1. The first kappa shape index (κ1) is 20.3. The van der Waals surface area contributed by atoms with Crippen LogP contribution in [0, 0.1) is 17.8 Å². The summed E-state index contributed by atoms with van der Waals surface area (Å²) in [6.45, 7) is 2.21. The highest BCUT2D eigenvalue weighted by molar-refractivity contribution is 6.21. The maximum atomic E-state index is 10.5. The summed E-state index contributed by atoms with van der Waals surface area (Å²) in [6.07, 6.45) is 17.3. The third kappa shape index (κ3) is 6.04. The summed E-state index contributed by atoms with van der Waals surface area (Å²) < 4.78 is 0. The molecule has 2 rings (SSSR count). The zero-order chi connectivity index (χ0) is 17.4. The fourth-order valence-electron chi connectivity index (χ4n) is 4.67. The third-order valence-electron chi connectivity index (χ3n) is 6.26. The Morgan fingerprint density at radius 2 is 1.88 bits per heavy atom. The molecule has 24 heavy (non-hydrogen) atoms. The lowest BCUT2D eigenvalue weighted by Gasteiger charge is -2.29. The summed E-state index contributed by atoms with van der Waals surface area (Å²) in [5.41, 5.74) is 0. The molecule has 0 saturated heterocycles. The molecule has 3 heteroatoms. The number of unbranched alkanes of at least 4 members (excludes halogenated alkanes) is 2. The molecule has 2 nitrogen and oxygen atoms in total. The van der Waals surface area contributed by atoms with Crippen molar-refractivity contribution in [3.8, 4) is 0 Å². The van der Waals surface area contributed by atoms with Gasteiger partial charge in [0.15, 0.2) is 0 Å². The van der Waals surface area contributed by atoms with E-state index in [4.69, 9.17) is 11.6 Å². The minimum Gasteiger partial charge on any atom is -0.393 e. The van der Waals surface area contributed by atoms with Gasteiger partial charge < -0.3 is 10.2 Å². The Hall–Kier alpha value is -0.0500. The molecule has 0 aromatic rings. The molecule has 0 heterocycles. The zero-order valence-electron chi connectivity index (χ0n) is 15.4. The molecule has 2 aliphatic carbocycles. The minimum absolute atomic E-state index is 0.0765. The molecule has 0 spiro atoms. The van der Waals surface area contributed by atoms with E-state index in [9.17, 15) is 10.2 Å². The van der Waals surface area contributed by atoms with Crippen molar-refractivity contribution in [2.45, 2.75) is 102 Å². The van der Waals surface area contributed by atoms with Crippen molar-refractivity contribution in [2.24, 2.45) is 17.8 Å². The van der Waals surface area contributed by atoms with Crippen molar-refractivity contribution in [3.63, 3.8) is 0 Å². The van der Waals surface area contributed by atoms with Crippen LogP contribution < -0.4 is 0 Å². The van der Waals surface area contributed by atoms with Crippen LogP contribution >= 0.6 is 11.6 Å². The fourth-order valence-corrected chi connectivity index (χ4v) is 5.15. The van der Waals surface area contributed by atoms with Crippen LogP contribution in [0.5, 0.6) is 0 Å². The van der Waals surface area contributed by atoms with Gasteiger partial charge in [0, 0.05) is 5.38 Å². The molecule has 5 atom stereocenters. The van der Waals surface area contributed by atoms with Gasteiger partial charge in [0.05, 0.1) is 12.2 Å². The maximum Gasteiger partial charge on any atom is 0.0585 e. The number of halogens is 1. The lowest BCUT2D eigenvalue weighted by molar-refractivity contribution is 0.0536. The lowest BCUT2D eigenvalue weighted by atomic mass is 9.81. The van der Waals surface area contributed by atoms with Crippen molar-refractivity contribution in [1.82, 2.24) is 0 Å². The van der Waals surface area contributed by atoms with Gasteiger partial charge in [-0.25, -0.2) is 0 Å². The number of rotatable bonds is 9. The van der Waals surface area contributed by atoms with Gasteiger partial charge in [-0.15, -0.1) is 11.6 Å². The predicted octanol–water partition coefficient (Wildman–Crippen LogP) is 5.45. The first-order valence-electron chi connectivity index (χ1n) is 10.3. The first-order valence-corrected chi connectivity index (χ1v) is 10.7. The smallest absolute Gasteiger partial charge is 0.0585 e. The highest BCUT2D eigenvalue weighted by Gasteiger charge is 2.40. The average molecular weight is 357 g/mol. The molecule has 0 radical (unpaired) electrons. The summed E-state index contributed by atoms with van der Waals surface area (Å²) >= 11 is 6.52. The Bertz CT molecular complexity index is 365. The van der Waals surface area contributed by atoms with E-state index in [1.165, 1.54) is 44.9 Å². The average Bonchev–Trinajstić information content (AvgIpc) is 2.86. The molecule has 0 aromatic carbocycles. The van der Waals surface area contributed by atoms with E-state index in [0.717, 1.165) is 25.7 Å². The van der Waals surface area contributed by atoms with E-state index in [0.29, 0.717) is 18.3 Å². The monoisotopic (exact) mass is 356 g/mol. The Morgan fingerprint density at radius 1 is 1.12 bits per heavy atom. The quantitative estimate of drug-likeness (QED) is 0.327. The Labute approximate surface area is 153 Å².